The molecule has 0 aliphatic carbocycles. The molecule has 0 fully saturated rings. The summed E-state index contributed by atoms with van der Waals surface area (Å²) in [6.45, 7) is 4.90. The number of unbranched alkanes of at least 4 members (excludes halogenated alkanes) is 36. The van der Waals surface area contributed by atoms with Gasteiger partial charge >= 0.3 is 7.82 Å². The van der Waals surface area contributed by atoms with Crippen LogP contribution in [0.15, 0.2) is 12.2 Å². The average molecular weight is 914 g/mol. The Hall–Kier alpha value is -0.760. The van der Waals surface area contributed by atoms with Crippen molar-refractivity contribution in [3.63, 3.8) is 0 Å². The number of carbonyl (C=O) groups is 1. The predicted molar refractivity (Wildman–Crippen MR) is 272 cm³/mol. The second kappa shape index (κ2) is 46.4. The summed E-state index contributed by atoms with van der Waals surface area (Å²) in [7, 11) is 1.63. The van der Waals surface area contributed by atoms with Gasteiger partial charge in [0.25, 0.3) is 0 Å². The van der Waals surface area contributed by atoms with Crippen LogP contribution in [0, 0.1) is 0 Å². The lowest BCUT2D eigenvalue weighted by molar-refractivity contribution is -0.870. The van der Waals surface area contributed by atoms with Crippen molar-refractivity contribution in [3.05, 3.63) is 12.2 Å². The van der Waals surface area contributed by atoms with Gasteiger partial charge in [0.1, 0.15) is 13.2 Å². The number of allylic oxidation sites excluding steroid dienone is 2. The van der Waals surface area contributed by atoms with Crippen LogP contribution in [0.25, 0.3) is 0 Å². The van der Waals surface area contributed by atoms with E-state index in [-0.39, 0.29) is 19.1 Å². The number of rotatable bonds is 51. The Kier molecular flexibility index (Phi) is 45.8. The molecule has 63 heavy (non-hydrogen) atoms. The highest BCUT2D eigenvalue weighted by Crippen LogP contribution is 2.43. The number of aliphatic hydroxyl groups excluding tert-OH is 1. The van der Waals surface area contributed by atoms with Gasteiger partial charge in [0.05, 0.1) is 39.9 Å². The molecule has 0 saturated heterocycles. The third-order valence-corrected chi connectivity index (χ3v) is 13.7. The van der Waals surface area contributed by atoms with Crippen LogP contribution in [0.1, 0.15) is 277 Å². The van der Waals surface area contributed by atoms with Crippen molar-refractivity contribution in [1.29, 1.82) is 0 Å². The Morgan fingerprint density at radius 3 is 1.22 bits per heavy atom. The predicted octanol–water partition coefficient (Wildman–Crippen LogP) is 16.3. The summed E-state index contributed by atoms with van der Waals surface area (Å²) in [4.78, 5) is 23.2. The molecule has 3 N–H and O–H groups in total. The monoisotopic (exact) mass is 914 g/mol. The van der Waals surface area contributed by atoms with Crippen molar-refractivity contribution >= 4 is 13.7 Å². The maximum Gasteiger partial charge on any atom is 0.472 e. The summed E-state index contributed by atoms with van der Waals surface area (Å²) in [5.74, 6) is -0.141. The van der Waals surface area contributed by atoms with Crippen molar-refractivity contribution in [1.82, 2.24) is 5.32 Å². The molecule has 3 unspecified atom stereocenters. The van der Waals surface area contributed by atoms with Gasteiger partial charge in [-0.1, -0.05) is 244 Å². The third-order valence-electron chi connectivity index (χ3n) is 12.8. The van der Waals surface area contributed by atoms with Crippen LogP contribution in [0.4, 0.5) is 0 Å². The molecule has 0 bridgehead atoms. The summed E-state index contributed by atoms with van der Waals surface area (Å²) in [6.07, 6.45) is 55.7. The fourth-order valence-electron chi connectivity index (χ4n) is 8.40. The van der Waals surface area contributed by atoms with E-state index in [0.717, 1.165) is 38.5 Å². The molecule has 0 aromatic rings. The van der Waals surface area contributed by atoms with Crippen molar-refractivity contribution < 1.29 is 32.9 Å². The van der Waals surface area contributed by atoms with Gasteiger partial charge in [-0.3, -0.25) is 13.8 Å². The lowest BCUT2D eigenvalue weighted by Gasteiger charge is -2.26. The van der Waals surface area contributed by atoms with Crippen LogP contribution in [0.5, 0.6) is 0 Å². The van der Waals surface area contributed by atoms with Gasteiger partial charge in [0, 0.05) is 6.42 Å². The summed E-state index contributed by atoms with van der Waals surface area (Å²) < 4.78 is 23.7. The molecule has 8 nitrogen and oxygen atoms in total. The zero-order chi connectivity index (χ0) is 46.4. The molecule has 1 amide bonds. The van der Waals surface area contributed by atoms with E-state index in [1.165, 1.54) is 212 Å². The Bertz CT molecular complexity index is 1040. The highest BCUT2D eigenvalue weighted by molar-refractivity contribution is 7.47. The highest BCUT2D eigenvalue weighted by Gasteiger charge is 2.28. The molecule has 376 valence electrons. The first-order valence-corrected chi connectivity index (χ1v) is 29.0. The minimum atomic E-state index is -4.31. The first-order valence-electron chi connectivity index (χ1n) is 27.6. The molecule has 9 heteroatoms. The van der Waals surface area contributed by atoms with Gasteiger partial charge in [-0.15, -0.1) is 0 Å². The Morgan fingerprint density at radius 1 is 0.524 bits per heavy atom. The quantitative estimate of drug-likeness (QED) is 0.0243. The zero-order valence-corrected chi connectivity index (χ0v) is 43.7. The molecule has 0 aromatic heterocycles. The summed E-state index contributed by atoms with van der Waals surface area (Å²) in [5.41, 5.74) is 0. The molecule has 0 spiro atoms. The Balaban J connectivity index is 3.93. The highest BCUT2D eigenvalue weighted by atomic mass is 31.2. The summed E-state index contributed by atoms with van der Waals surface area (Å²) >= 11 is 0. The maximum atomic E-state index is 12.9. The molecule has 0 saturated carbocycles. The molecule has 0 rings (SSSR count). The van der Waals surface area contributed by atoms with Gasteiger partial charge in [-0.2, -0.15) is 0 Å². The maximum absolute atomic E-state index is 12.9. The van der Waals surface area contributed by atoms with Crippen molar-refractivity contribution in [2.75, 3.05) is 40.9 Å². The number of quaternary nitrogens is 1. The van der Waals surface area contributed by atoms with Gasteiger partial charge in [-0.25, -0.2) is 4.57 Å². The fourth-order valence-corrected chi connectivity index (χ4v) is 9.13. The van der Waals surface area contributed by atoms with E-state index < -0.39 is 20.0 Å². The minimum absolute atomic E-state index is 0.0775. The van der Waals surface area contributed by atoms with E-state index in [4.69, 9.17) is 9.05 Å². The minimum Gasteiger partial charge on any atom is -0.391 e. The van der Waals surface area contributed by atoms with Crippen LogP contribution in [0.3, 0.4) is 0 Å². The standard InChI is InChI=1S/C54H109N2O6P/c1-6-8-10-12-14-16-18-19-20-21-22-23-24-25-26-27-28-29-30-31-32-33-34-35-36-37-38-40-42-44-46-48-54(58)55-52(51-62-63(59,60)61-50-49-56(3,4)5)53(57)47-45-43-41-39-17-15-13-11-9-7-2/h21-22,52-53,57H,6-20,23-51H2,1-5H3,(H-,55,58,59,60)/p+1/b22-21-. The number of aliphatic hydroxyl groups is 1. The molecular formula is C54H110N2O6P+. The number of phosphoric acid groups is 1. The van der Waals surface area contributed by atoms with E-state index in [9.17, 15) is 19.4 Å². The van der Waals surface area contributed by atoms with Crippen LogP contribution < -0.4 is 5.32 Å². The van der Waals surface area contributed by atoms with Crippen LogP contribution >= 0.6 is 7.82 Å². The normalized spacial score (nSPS) is 14.1. The Morgan fingerprint density at radius 2 is 0.857 bits per heavy atom. The van der Waals surface area contributed by atoms with E-state index >= 15 is 0 Å². The molecule has 3 atom stereocenters. The van der Waals surface area contributed by atoms with Crippen molar-refractivity contribution in [2.45, 2.75) is 289 Å². The van der Waals surface area contributed by atoms with Crippen molar-refractivity contribution in [2.24, 2.45) is 0 Å². The molecular weight excluding hydrogens is 804 g/mol. The molecule has 0 aliphatic rings. The average Bonchev–Trinajstić information content (AvgIpc) is 3.24. The number of hydrogen-bond donors (Lipinski definition) is 3. The summed E-state index contributed by atoms with van der Waals surface area (Å²) in [5, 5.41) is 14.0. The van der Waals surface area contributed by atoms with Crippen LogP contribution in [0.2, 0.25) is 0 Å². The number of hydrogen-bond acceptors (Lipinski definition) is 5. The largest absolute Gasteiger partial charge is 0.472 e. The van der Waals surface area contributed by atoms with E-state index in [2.05, 4.69) is 31.3 Å². The molecule has 0 heterocycles. The van der Waals surface area contributed by atoms with Gasteiger partial charge < -0.3 is 19.8 Å². The smallest absolute Gasteiger partial charge is 0.391 e. The number of nitrogens with zero attached hydrogens (tertiary/aromatic N) is 1. The fraction of sp³-hybridized carbons (Fsp3) is 0.944. The van der Waals surface area contributed by atoms with Crippen LogP contribution in [-0.2, 0) is 18.4 Å². The number of nitrogens with one attached hydrogen (secondary N) is 1. The number of amides is 1. The first kappa shape index (κ1) is 62.2. The zero-order valence-electron chi connectivity index (χ0n) is 42.8. The third kappa shape index (κ3) is 49.0. The first-order chi connectivity index (χ1) is 30.5. The SMILES string of the molecule is CCCCCCCCCC/C=C\CCCCCCCCCCCCCCCCCCCCCC(=O)NC(COP(=O)(O)OCC[N+](C)(C)C)C(O)CCCCCCCCCCCC. The Labute approximate surface area is 392 Å². The molecule has 0 radical (unpaired) electrons. The van der Waals surface area contributed by atoms with Crippen LogP contribution in [-0.4, -0.2) is 73.4 Å². The van der Waals surface area contributed by atoms with Gasteiger partial charge in [-0.05, 0) is 38.5 Å². The van der Waals surface area contributed by atoms with E-state index in [1.807, 2.05) is 21.1 Å². The lowest BCUT2D eigenvalue weighted by atomic mass is 10.0. The summed E-state index contributed by atoms with van der Waals surface area (Å²) in [6, 6.07) is -0.754. The topological polar surface area (TPSA) is 105 Å². The van der Waals surface area contributed by atoms with Crippen molar-refractivity contribution in [3.8, 4) is 0 Å². The van der Waals surface area contributed by atoms with Gasteiger partial charge in [0.15, 0.2) is 0 Å². The molecule has 0 aromatic carbocycles. The number of phosphoric ester groups is 1. The second-order valence-corrected chi connectivity index (χ2v) is 21.8. The molecule has 0 aliphatic heterocycles. The van der Waals surface area contributed by atoms with E-state index in [0.29, 0.717) is 23.9 Å². The van der Waals surface area contributed by atoms with E-state index in [1.54, 1.807) is 0 Å². The lowest BCUT2D eigenvalue weighted by Crippen LogP contribution is -2.46. The number of carbonyl (C=O) groups excluding carboxylic acids is 1. The van der Waals surface area contributed by atoms with Gasteiger partial charge in [0.2, 0.25) is 5.91 Å². The number of likely N-dealkylation sites (N-methyl/N-ethyl adjacent to an activating group) is 1. The second-order valence-electron chi connectivity index (χ2n) is 20.3.